The van der Waals surface area contributed by atoms with Gasteiger partial charge in [-0.3, -0.25) is 9.11 Å². The van der Waals surface area contributed by atoms with Gasteiger partial charge in [-0.05, 0) is 12.8 Å². The number of rotatable bonds is 22. The van der Waals surface area contributed by atoms with Gasteiger partial charge in [0.25, 0.3) is 0 Å². The van der Waals surface area contributed by atoms with Crippen molar-refractivity contribution in [2.45, 2.75) is 142 Å². The van der Waals surface area contributed by atoms with Gasteiger partial charge in [0.05, 0.1) is 0 Å². The summed E-state index contributed by atoms with van der Waals surface area (Å²) in [4.78, 5) is 0. The van der Waals surface area contributed by atoms with E-state index in [1.807, 2.05) is 0 Å². The first-order valence-electron chi connectivity index (χ1n) is 12.7. The topological polar surface area (TPSA) is 83.8 Å². The van der Waals surface area contributed by atoms with Gasteiger partial charge in [0, 0.05) is 42.8 Å². The van der Waals surface area contributed by atoms with Crippen molar-refractivity contribution in [1.29, 1.82) is 0 Å². The van der Waals surface area contributed by atoms with E-state index in [0.717, 1.165) is 13.2 Å². The van der Waals surface area contributed by atoms with E-state index < -0.39 is 10.4 Å². The van der Waals surface area contributed by atoms with Gasteiger partial charge in [0.2, 0.25) is 0 Å². The maximum Gasteiger partial charge on any atom is 1.00 e. The number of unbranched alkanes of at least 4 members (excludes halogenated alkanes) is 18. The van der Waals surface area contributed by atoms with E-state index in [2.05, 4.69) is 13.8 Å². The molecule has 0 amide bonds. The summed E-state index contributed by atoms with van der Waals surface area (Å²) in [6, 6.07) is 0. The van der Waals surface area contributed by atoms with Gasteiger partial charge >= 0.3 is 40.0 Å². The van der Waals surface area contributed by atoms with Crippen LogP contribution in [-0.2, 0) is 15.1 Å². The Morgan fingerprint density at radius 3 is 0.938 bits per heavy atom. The Balaban J connectivity index is -0.000000293. The standard InChI is InChI=1S/C24H50O.2Na.H2O4S.H/c1-3-5-7-9-11-13-15-17-19-21-23-25-24-22-20-18-16-14-12-10-8-6-4-2;;;1-5(2,3)4;/h3-24H2,1-2H3;;;(H2,1,2,3,4);/q;;+1;;-1. The van der Waals surface area contributed by atoms with Crippen molar-refractivity contribution in [3.8, 4) is 0 Å². The molecule has 0 aromatic carbocycles. The molecule has 0 aliphatic carbocycles. The normalized spacial score (nSPS) is 10.6. The van der Waals surface area contributed by atoms with Crippen LogP contribution in [0.3, 0.4) is 0 Å². The van der Waals surface area contributed by atoms with E-state index in [0.29, 0.717) is 0 Å². The van der Waals surface area contributed by atoms with Gasteiger partial charge in [-0.25, -0.2) is 0 Å². The fraction of sp³-hybridized carbons (Fsp3) is 1.00. The molecule has 187 valence electrons. The Kier molecular flexibility index (Phi) is 44.8. The van der Waals surface area contributed by atoms with E-state index in [-0.39, 0.29) is 60.5 Å². The first-order valence-corrected chi connectivity index (χ1v) is 14.1. The second-order valence-electron chi connectivity index (χ2n) is 8.42. The second-order valence-corrected chi connectivity index (χ2v) is 9.32. The van der Waals surface area contributed by atoms with Crippen molar-refractivity contribution in [3.05, 3.63) is 0 Å². The zero-order chi connectivity index (χ0) is 22.8. The van der Waals surface area contributed by atoms with Crippen LogP contribution in [0.5, 0.6) is 0 Å². The van der Waals surface area contributed by atoms with Gasteiger partial charge in [-0.2, -0.15) is 8.42 Å². The third kappa shape index (κ3) is 53.3. The van der Waals surface area contributed by atoms with Crippen molar-refractivity contribution in [3.63, 3.8) is 0 Å². The molecule has 0 aliphatic heterocycles. The predicted molar refractivity (Wildman–Crippen MR) is 136 cm³/mol. The molecule has 0 heterocycles. The van der Waals surface area contributed by atoms with Gasteiger partial charge in [-0.15, -0.1) is 0 Å². The Morgan fingerprint density at radius 2 is 0.719 bits per heavy atom. The third-order valence-corrected chi connectivity index (χ3v) is 5.28. The van der Waals surface area contributed by atoms with Crippen molar-refractivity contribution < 1.29 is 53.2 Å². The summed E-state index contributed by atoms with van der Waals surface area (Å²) in [6.45, 7) is 6.57. The molecule has 0 spiro atoms. The monoisotopic (exact) mass is 499 g/mol. The third-order valence-electron chi connectivity index (χ3n) is 5.28. The fourth-order valence-corrected chi connectivity index (χ4v) is 3.49. The van der Waals surface area contributed by atoms with Crippen LogP contribution in [0.4, 0.5) is 0 Å². The van der Waals surface area contributed by atoms with Crippen LogP contribution in [-0.4, -0.2) is 60.3 Å². The Bertz CT molecular complexity index is 386. The molecule has 0 atom stereocenters. The minimum atomic E-state index is -4.67. The van der Waals surface area contributed by atoms with Crippen LogP contribution in [0.1, 0.15) is 144 Å². The molecule has 8 heteroatoms. The van der Waals surface area contributed by atoms with Crippen LogP contribution in [0.15, 0.2) is 0 Å². The second kappa shape index (κ2) is 35.0. The number of hydrogen-bond acceptors (Lipinski definition) is 3. The summed E-state index contributed by atoms with van der Waals surface area (Å²) in [7, 11) is -4.67. The number of hydrogen-bond donors (Lipinski definition) is 2. The minimum absolute atomic E-state index is 0. The van der Waals surface area contributed by atoms with Gasteiger partial charge in [-0.1, -0.05) is 129 Å². The van der Waals surface area contributed by atoms with Crippen LogP contribution in [0.2, 0.25) is 0 Å². The van der Waals surface area contributed by atoms with Crippen LogP contribution in [0, 0.1) is 0 Å². The fourth-order valence-electron chi connectivity index (χ4n) is 3.49. The largest absolute Gasteiger partial charge is 1.00 e. The maximum atomic E-state index is 8.74. The van der Waals surface area contributed by atoms with Gasteiger partial charge < -0.3 is 6.16 Å². The van der Waals surface area contributed by atoms with E-state index in [1.165, 1.54) is 128 Å². The molecule has 0 bridgehead atoms. The van der Waals surface area contributed by atoms with Gasteiger partial charge in [0.15, 0.2) is 0 Å². The van der Waals surface area contributed by atoms with E-state index in [1.54, 1.807) is 0 Å². The smallest absolute Gasteiger partial charge is 1.00 e. The molecule has 5 nitrogen and oxygen atoms in total. The molecule has 1 radical (unpaired) electrons. The van der Waals surface area contributed by atoms with E-state index in [4.69, 9.17) is 22.3 Å². The first-order chi connectivity index (χ1) is 14.4. The molecule has 0 aromatic heterocycles. The summed E-state index contributed by atoms with van der Waals surface area (Å²) in [5, 5.41) is 0. The quantitative estimate of drug-likeness (QED) is 0.125. The molecule has 0 rings (SSSR count). The van der Waals surface area contributed by atoms with Crippen molar-refractivity contribution >= 4 is 40.0 Å². The zero-order valence-electron chi connectivity index (χ0n) is 23.1. The van der Waals surface area contributed by atoms with E-state index in [9.17, 15) is 0 Å². The average molecular weight is 500 g/mol. The zero-order valence-corrected chi connectivity index (χ0v) is 26.9. The summed E-state index contributed by atoms with van der Waals surface area (Å²) >= 11 is 0. The molecule has 2 N–H and O–H groups in total. The molecular weight excluding hydrogens is 446 g/mol. The summed E-state index contributed by atoms with van der Waals surface area (Å²) in [5.74, 6) is 0. The van der Waals surface area contributed by atoms with Crippen molar-refractivity contribution in [2.75, 3.05) is 13.2 Å². The summed E-state index contributed by atoms with van der Waals surface area (Å²) < 4.78 is 37.4. The van der Waals surface area contributed by atoms with Crippen molar-refractivity contribution in [1.82, 2.24) is 0 Å². The predicted octanol–water partition coefficient (Wildman–Crippen LogP) is 4.93. The maximum absolute atomic E-state index is 8.74. The minimum Gasteiger partial charge on any atom is -1.00 e. The summed E-state index contributed by atoms with van der Waals surface area (Å²) in [5.41, 5.74) is 0. The first kappa shape index (κ1) is 41.0. The van der Waals surface area contributed by atoms with Gasteiger partial charge in [0.1, 0.15) is 0 Å². The molecular formula is C24H53Na2O5S. The SMILES string of the molecule is CCCCCCCCCCCCOCCCCCCCCCCCC.O=S(=O)(O)O.[H-].[Na+].[Na]. The van der Waals surface area contributed by atoms with Crippen LogP contribution < -0.4 is 29.6 Å². The Hall–Kier alpha value is 1.83. The summed E-state index contributed by atoms with van der Waals surface area (Å²) in [6.07, 6.45) is 28.2. The van der Waals surface area contributed by atoms with E-state index >= 15 is 0 Å². The van der Waals surface area contributed by atoms with Crippen LogP contribution in [0.25, 0.3) is 0 Å². The Labute approximate surface area is 246 Å². The van der Waals surface area contributed by atoms with Crippen molar-refractivity contribution in [2.24, 2.45) is 0 Å². The molecule has 0 saturated heterocycles. The van der Waals surface area contributed by atoms with Crippen LogP contribution >= 0.6 is 0 Å². The number of ether oxygens (including phenoxy) is 1. The molecule has 32 heavy (non-hydrogen) atoms. The Morgan fingerprint density at radius 1 is 0.531 bits per heavy atom. The molecule has 0 unspecified atom stereocenters. The molecule has 0 aromatic rings. The molecule has 0 aliphatic rings. The average Bonchev–Trinajstić information content (AvgIpc) is 2.68. The molecule has 0 fully saturated rings. The molecule has 0 saturated carbocycles.